The highest BCUT2D eigenvalue weighted by atomic mass is 16.2. The zero-order chi connectivity index (χ0) is 18.1. The Bertz CT molecular complexity index is 823. The molecule has 1 aromatic rings. The third-order valence-corrected chi connectivity index (χ3v) is 5.15. The number of hydrogen-bond acceptors (Lipinski definition) is 4. The fourth-order valence-electron chi connectivity index (χ4n) is 3.62. The quantitative estimate of drug-likeness (QED) is 0.887. The summed E-state index contributed by atoms with van der Waals surface area (Å²) in [6, 6.07) is 0. The standard InChI is InChI=1S/C20H25N5O/c1-15-3-4-17-5-6-18(23-9-7-21-8-10-23)13-25(17)20(26)11-19(15)24-12-16(2)22-14-24/h4-6,11-15,21H,3,7-10H2,1-2H3. The number of piperazine rings is 1. The Morgan fingerprint density at radius 2 is 1.96 bits per heavy atom. The predicted molar refractivity (Wildman–Crippen MR) is 102 cm³/mol. The van der Waals surface area contributed by atoms with E-state index in [1.807, 2.05) is 23.9 Å². The summed E-state index contributed by atoms with van der Waals surface area (Å²) in [7, 11) is 0. The minimum atomic E-state index is -0.0128. The largest absolute Gasteiger partial charge is 0.368 e. The van der Waals surface area contributed by atoms with E-state index in [4.69, 9.17) is 0 Å². The maximum Gasteiger partial charge on any atom is 0.256 e. The Hall–Kier alpha value is -2.60. The molecular formula is C20H25N5O. The molecule has 1 atom stereocenters. The van der Waals surface area contributed by atoms with Crippen LogP contribution >= 0.6 is 0 Å². The lowest BCUT2D eigenvalue weighted by Crippen LogP contribution is -2.43. The molecule has 0 radical (unpaired) electrons. The van der Waals surface area contributed by atoms with Crippen LogP contribution < -0.4 is 5.32 Å². The molecule has 0 saturated carbocycles. The lowest BCUT2D eigenvalue weighted by molar-refractivity contribution is -0.122. The molecule has 0 bridgehead atoms. The van der Waals surface area contributed by atoms with E-state index in [0.717, 1.165) is 55.4 Å². The van der Waals surface area contributed by atoms with Crippen LogP contribution in [0.1, 0.15) is 19.0 Å². The summed E-state index contributed by atoms with van der Waals surface area (Å²) >= 11 is 0. The van der Waals surface area contributed by atoms with Crippen molar-refractivity contribution in [2.75, 3.05) is 26.2 Å². The van der Waals surface area contributed by atoms with Crippen molar-refractivity contribution in [2.24, 2.45) is 5.92 Å². The maximum atomic E-state index is 13.0. The van der Waals surface area contributed by atoms with Crippen molar-refractivity contribution in [3.05, 3.63) is 60.1 Å². The van der Waals surface area contributed by atoms with Crippen LogP contribution in [0, 0.1) is 12.8 Å². The van der Waals surface area contributed by atoms with Gasteiger partial charge in [-0.05, 0) is 25.5 Å². The summed E-state index contributed by atoms with van der Waals surface area (Å²) in [5.74, 6) is 0.232. The minimum absolute atomic E-state index is 0.0128. The number of aryl methyl sites for hydroxylation is 1. The number of carbonyl (C=O) groups excluding carboxylic acids is 1. The summed E-state index contributed by atoms with van der Waals surface area (Å²) in [6.07, 6.45) is 14.7. The van der Waals surface area contributed by atoms with Gasteiger partial charge in [-0.1, -0.05) is 13.0 Å². The molecule has 4 rings (SSSR count). The van der Waals surface area contributed by atoms with E-state index in [1.165, 1.54) is 0 Å². The first-order valence-electron chi connectivity index (χ1n) is 9.23. The monoisotopic (exact) mass is 351 g/mol. The second-order valence-electron chi connectivity index (χ2n) is 7.09. The lowest BCUT2D eigenvalue weighted by Gasteiger charge is -2.34. The molecule has 0 spiro atoms. The SMILES string of the molecule is Cc1cn(C2=CC(=O)N3C=C(N4CCNCC4)C=CC3=CCC2C)cn1. The first-order chi connectivity index (χ1) is 12.6. The third kappa shape index (κ3) is 3.24. The van der Waals surface area contributed by atoms with Gasteiger partial charge >= 0.3 is 0 Å². The minimum Gasteiger partial charge on any atom is -0.368 e. The normalized spacial score (nSPS) is 23.7. The second kappa shape index (κ2) is 6.96. The first kappa shape index (κ1) is 16.8. The smallest absolute Gasteiger partial charge is 0.256 e. The number of imidazole rings is 1. The van der Waals surface area contributed by atoms with Crippen molar-refractivity contribution in [1.82, 2.24) is 24.7 Å². The topological polar surface area (TPSA) is 53.4 Å². The van der Waals surface area contributed by atoms with Gasteiger partial charge in [-0.25, -0.2) is 4.98 Å². The van der Waals surface area contributed by atoms with Gasteiger partial charge in [0, 0.05) is 62.0 Å². The van der Waals surface area contributed by atoms with Crippen LogP contribution in [-0.4, -0.2) is 51.4 Å². The predicted octanol–water partition coefficient (Wildman–Crippen LogP) is 2.10. The van der Waals surface area contributed by atoms with Gasteiger partial charge in [-0.2, -0.15) is 0 Å². The number of fused-ring (bicyclic) bond motifs is 1. The number of nitrogens with zero attached hydrogens (tertiary/aromatic N) is 4. The Kier molecular flexibility index (Phi) is 4.51. The van der Waals surface area contributed by atoms with E-state index in [0.29, 0.717) is 0 Å². The van der Waals surface area contributed by atoms with Gasteiger partial charge < -0.3 is 14.8 Å². The average Bonchev–Trinajstić information content (AvgIpc) is 3.09. The molecule has 3 aliphatic rings. The highest BCUT2D eigenvalue weighted by Gasteiger charge is 2.24. The van der Waals surface area contributed by atoms with Crippen molar-refractivity contribution in [1.29, 1.82) is 0 Å². The molecule has 136 valence electrons. The summed E-state index contributed by atoms with van der Waals surface area (Å²) < 4.78 is 1.97. The molecule has 0 aliphatic carbocycles. The summed E-state index contributed by atoms with van der Waals surface area (Å²) in [5, 5.41) is 3.36. The van der Waals surface area contributed by atoms with Crippen LogP contribution in [0.2, 0.25) is 0 Å². The van der Waals surface area contributed by atoms with Crippen molar-refractivity contribution < 1.29 is 4.79 Å². The molecule has 3 aliphatic heterocycles. The van der Waals surface area contributed by atoms with Gasteiger partial charge in [-0.3, -0.25) is 9.69 Å². The average molecular weight is 351 g/mol. The molecule has 1 amide bonds. The number of rotatable bonds is 2. The molecule has 1 N–H and O–H groups in total. The van der Waals surface area contributed by atoms with E-state index in [2.05, 4.69) is 40.4 Å². The third-order valence-electron chi connectivity index (χ3n) is 5.15. The Morgan fingerprint density at radius 3 is 2.69 bits per heavy atom. The van der Waals surface area contributed by atoms with Crippen molar-refractivity contribution in [3.63, 3.8) is 0 Å². The second-order valence-corrected chi connectivity index (χ2v) is 7.09. The Balaban J connectivity index is 1.65. The molecule has 4 heterocycles. The highest BCUT2D eigenvalue weighted by molar-refractivity contribution is 5.95. The zero-order valence-electron chi connectivity index (χ0n) is 15.4. The van der Waals surface area contributed by atoms with Gasteiger partial charge in [0.05, 0.1) is 17.7 Å². The van der Waals surface area contributed by atoms with Gasteiger partial charge in [0.15, 0.2) is 0 Å². The number of amides is 1. The number of allylic oxidation sites excluding steroid dienone is 4. The maximum absolute atomic E-state index is 13.0. The van der Waals surface area contributed by atoms with Crippen molar-refractivity contribution in [2.45, 2.75) is 20.3 Å². The van der Waals surface area contributed by atoms with Crippen molar-refractivity contribution >= 4 is 11.6 Å². The van der Waals surface area contributed by atoms with Crippen molar-refractivity contribution in [3.8, 4) is 0 Å². The lowest BCUT2D eigenvalue weighted by atomic mass is 9.99. The van der Waals surface area contributed by atoms with Crippen LogP contribution in [-0.2, 0) is 4.79 Å². The van der Waals surface area contributed by atoms with Crippen LogP contribution in [0.3, 0.4) is 0 Å². The molecule has 0 aromatic carbocycles. The molecular weight excluding hydrogens is 326 g/mol. The fraction of sp³-hybridized carbons (Fsp3) is 0.400. The summed E-state index contributed by atoms with van der Waals surface area (Å²) in [5.41, 5.74) is 3.99. The molecule has 1 unspecified atom stereocenters. The van der Waals surface area contributed by atoms with Gasteiger partial charge in [-0.15, -0.1) is 0 Å². The van der Waals surface area contributed by atoms with Gasteiger partial charge in [0.2, 0.25) is 0 Å². The van der Waals surface area contributed by atoms with E-state index in [9.17, 15) is 4.79 Å². The number of carbonyl (C=O) groups is 1. The van der Waals surface area contributed by atoms with E-state index >= 15 is 0 Å². The number of nitrogens with one attached hydrogen (secondary N) is 1. The molecule has 6 nitrogen and oxygen atoms in total. The highest BCUT2D eigenvalue weighted by Crippen LogP contribution is 2.28. The summed E-state index contributed by atoms with van der Waals surface area (Å²) in [6.45, 7) is 7.98. The Labute approximate surface area is 154 Å². The molecule has 1 fully saturated rings. The summed E-state index contributed by atoms with van der Waals surface area (Å²) in [4.78, 5) is 21.4. The van der Waals surface area contributed by atoms with E-state index in [1.54, 1.807) is 17.3 Å². The van der Waals surface area contributed by atoms with E-state index in [-0.39, 0.29) is 11.8 Å². The molecule has 1 saturated heterocycles. The van der Waals surface area contributed by atoms with Gasteiger partial charge in [0.25, 0.3) is 5.91 Å². The first-order valence-corrected chi connectivity index (χ1v) is 9.23. The van der Waals surface area contributed by atoms with E-state index < -0.39 is 0 Å². The van der Waals surface area contributed by atoms with Gasteiger partial charge in [0.1, 0.15) is 0 Å². The Morgan fingerprint density at radius 1 is 1.19 bits per heavy atom. The number of hydrogen-bond donors (Lipinski definition) is 1. The fourth-order valence-corrected chi connectivity index (χ4v) is 3.62. The van der Waals surface area contributed by atoms with Crippen LogP contribution in [0.25, 0.3) is 5.70 Å². The van der Waals surface area contributed by atoms with Crippen LogP contribution in [0.5, 0.6) is 0 Å². The molecule has 26 heavy (non-hydrogen) atoms. The van der Waals surface area contributed by atoms with Crippen LogP contribution in [0.4, 0.5) is 0 Å². The zero-order valence-corrected chi connectivity index (χ0v) is 15.4. The molecule has 6 heteroatoms. The van der Waals surface area contributed by atoms with Crippen LogP contribution in [0.15, 0.2) is 54.4 Å². The number of aromatic nitrogens is 2. The molecule has 1 aromatic heterocycles.